The van der Waals surface area contributed by atoms with Crippen LogP contribution in [0.25, 0.3) is 38.7 Å². The average Bonchev–Trinajstić information content (AvgIpc) is 3.37. The predicted molar refractivity (Wildman–Crippen MR) is 193 cm³/mol. The van der Waals surface area contributed by atoms with Crippen molar-refractivity contribution in [3.63, 3.8) is 0 Å². The van der Waals surface area contributed by atoms with Crippen molar-refractivity contribution in [2.45, 2.75) is 50.3 Å². The van der Waals surface area contributed by atoms with Crippen molar-refractivity contribution in [1.29, 1.82) is 0 Å². The Bertz CT molecular complexity index is 2310. The summed E-state index contributed by atoms with van der Waals surface area (Å²) < 4.78 is 49.4. The van der Waals surface area contributed by atoms with Crippen LogP contribution in [-0.4, -0.2) is 13.1 Å². The number of halogens is 3. The molecule has 49 heavy (non-hydrogen) atoms. The number of piperidine rings is 1. The molecule has 1 fully saturated rings. The highest BCUT2D eigenvalue weighted by atomic mass is 19.4. The van der Waals surface area contributed by atoms with Crippen LogP contribution >= 0.6 is 0 Å². The van der Waals surface area contributed by atoms with E-state index in [2.05, 4.69) is 95.9 Å². The Morgan fingerprint density at radius 2 is 1.39 bits per heavy atom. The van der Waals surface area contributed by atoms with Crippen LogP contribution in [0.1, 0.15) is 66.5 Å². The van der Waals surface area contributed by atoms with E-state index in [9.17, 15) is 13.2 Å². The number of benzene rings is 6. The first-order valence-electron chi connectivity index (χ1n) is 17.2. The molecule has 1 atom stereocenters. The number of nitrogens with zero attached hydrogens (tertiary/aromatic N) is 1. The molecule has 0 amide bonds. The molecule has 2 nitrogen and oxygen atoms in total. The van der Waals surface area contributed by atoms with Crippen molar-refractivity contribution in [2.24, 2.45) is 0 Å². The fourth-order valence-corrected chi connectivity index (χ4v) is 8.58. The van der Waals surface area contributed by atoms with Crippen LogP contribution in [0, 0.1) is 0 Å². The fourth-order valence-electron chi connectivity index (χ4n) is 8.58. The monoisotopic (exact) mass is 651 g/mol. The molecule has 1 unspecified atom stereocenters. The van der Waals surface area contributed by atoms with Gasteiger partial charge in [-0.2, -0.15) is 13.2 Å². The molecule has 244 valence electrons. The molecular weight excluding hydrogens is 615 g/mol. The van der Waals surface area contributed by atoms with Crippen LogP contribution in [0.2, 0.25) is 0 Å². The molecule has 3 aliphatic rings. The third kappa shape index (κ3) is 4.55. The number of ether oxygens (including phenoxy) is 1. The van der Waals surface area contributed by atoms with Crippen LogP contribution in [-0.2, 0) is 17.2 Å². The zero-order valence-electron chi connectivity index (χ0n) is 27.6. The molecule has 0 spiro atoms. The van der Waals surface area contributed by atoms with Gasteiger partial charge in [0.2, 0.25) is 0 Å². The zero-order valence-corrected chi connectivity index (χ0v) is 27.6. The molecule has 1 saturated heterocycles. The van der Waals surface area contributed by atoms with Gasteiger partial charge < -0.3 is 9.64 Å². The number of alkyl halides is 3. The highest BCUT2D eigenvalue weighted by molar-refractivity contribution is 6.08. The molecule has 2 aliphatic heterocycles. The van der Waals surface area contributed by atoms with Crippen molar-refractivity contribution in [3.05, 3.63) is 149 Å². The van der Waals surface area contributed by atoms with Gasteiger partial charge in [0, 0.05) is 46.3 Å². The SMILES string of the molecule is CC1(C)c2cc(C(F)(F)F)ccc2-c2c1c1c(c3ccccc23)OC(c2ccc(N3CCCCC3)cc2)(c2ccc3ccccc3c2)C=C1. The summed E-state index contributed by atoms with van der Waals surface area (Å²) in [5.41, 5.74) is 5.45. The largest absolute Gasteiger partial charge is 0.472 e. The third-order valence-corrected chi connectivity index (χ3v) is 11.1. The van der Waals surface area contributed by atoms with E-state index in [1.54, 1.807) is 6.07 Å². The summed E-state index contributed by atoms with van der Waals surface area (Å²) in [7, 11) is 0. The summed E-state index contributed by atoms with van der Waals surface area (Å²) in [5.74, 6) is 0.752. The quantitative estimate of drug-likeness (QED) is 0.189. The molecule has 5 heteroatoms. The van der Waals surface area contributed by atoms with Gasteiger partial charge in [-0.15, -0.1) is 0 Å². The summed E-state index contributed by atoms with van der Waals surface area (Å²) in [6, 6.07) is 36.1. The van der Waals surface area contributed by atoms with Gasteiger partial charge in [-0.3, -0.25) is 0 Å². The first-order chi connectivity index (χ1) is 23.6. The molecule has 0 N–H and O–H groups in total. The normalized spacial score (nSPS) is 19.4. The summed E-state index contributed by atoms with van der Waals surface area (Å²) in [4.78, 5) is 2.46. The molecule has 0 radical (unpaired) electrons. The lowest BCUT2D eigenvalue weighted by molar-refractivity contribution is -0.137. The van der Waals surface area contributed by atoms with Crippen molar-refractivity contribution < 1.29 is 17.9 Å². The maximum Gasteiger partial charge on any atom is 0.416 e. The predicted octanol–water partition coefficient (Wildman–Crippen LogP) is 11.7. The van der Waals surface area contributed by atoms with Gasteiger partial charge in [0.05, 0.1) is 5.56 Å². The molecule has 0 aromatic heterocycles. The number of rotatable bonds is 3. The van der Waals surface area contributed by atoms with Crippen LogP contribution in [0.3, 0.4) is 0 Å². The van der Waals surface area contributed by atoms with Crippen LogP contribution in [0.5, 0.6) is 5.75 Å². The molecule has 1 aliphatic carbocycles. The minimum atomic E-state index is -4.42. The highest BCUT2D eigenvalue weighted by Crippen LogP contribution is 2.58. The number of fused-ring (bicyclic) bond motifs is 9. The minimum Gasteiger partial charge on any atom is -0.472 e. The average molecular weight is 652 g/mol. The lowest BCUT2D eigenvalue weighted by Gasteiger charge is -2.39. The Labute approximate surface area is 284 Å². The van der Waals surface area contributed by atoms with Crippen LogP contribution in [0.4, 0.5) is 18.9 Å². The van der Waals surface area contributed by atoms with E-state index in [-0.39, 0.29) is 0 Å². The molecule has 6 aromatic carbocycles. The lowest BCUT2D eigenvalue weighted by atomic mass is 9.76. The van der Waals surface area contributed by atoms with Crippen LogP contribution in [0.15, 0.2) is 115 Å². The molecule has 0 bridgehead atoms. The van der Waals surface area contributed by atoms with E-state index < -0.39 is 22.8 Å². The van der Waals surface area contributed by atoms with Crippen LogP contribution < -0.4 is 9.64 Å². The van der Waals surface area contributed by atoms with Gasteiger partial charge in [0.1, 0.15) is 5.75 Å². The van der Waals surface area contributed by atoms with E-state index in [0.717, 1.165) is 73.8 Å². The number of hydrogen-bond acceptors (Lipinski definition) is 2. The molecular formula is C44H36F3NO. The first kappa shape index (κ1) is 30.1. The maximum absolute atomic E-state index is 14.0. The first-order valence-corrected chi connectivity index (χ1v) is 17.2. The van der Waals surface area contributed by atoms with Gasteiger partial charge in [-0.1, -0.05) is 98.8 Å². The standard InChI is InChI=1S/C44H36F3NO/c1-42(2)38-27-32(44(45,46)47)18-21-36(38)39-34-12-6-7-13-35(34)41-37(40(39)42)22-23-43(49-41,31-15-14-28-10-4-5-11-29(28)26-31)30-16-19-33(20-17-30)48-24-8-3-9-25-48/h4-7,10-23,26-27H,3,8-9,24-25H2,1-2H3. The second-order valence-corrected chi connectivity index (χ2v) is 14.2. The Morgan fingerprint density at radius 1 is 0.694 bits per heavy atom. The number of anilines is 1. The molecule has 2 heterocycles. The molecule has 0 saturated carbocycles. The third-order valence-electron chi connectivity index (χ3n) is 11.1. The Hall–Kier alpha value is -5.03. The molecule has 6 aromatic rings. The Balaban J connectivity index is 1.27. The smallest absolute Gasteiger partial charge is 0.416 e. The van der Waals surface area contributed by atoms with E-state index in [1.807, 2.05) is 26.0 Å². The van der Waals surface area contributed by atoms with Crippen molar-refractivity contribution in [3.8, 4) is 16.9 Å². The maximum atomic E-state index is 14.0. The highest BCUT2D eigenvalue weighted by Gasteiger charge is 2.45. The van der Waals surface area contributed by atoms with Gasteiger partial charge in [-0.25, -0.2) is 0 Å². The number of hydrogen-bond donors (Lipinski definition) is 0. The van der Waals surface area contributed by atoms with Crippen molar-refractivity contribution in [2.75, 3.05) is 18.0 Å². The Kier molecular flexibility index (Phi) is 6.59. The van der Waals surface area contributed by atoms with Gasteiger partial charge >= 0.3 is 6.18 Å². The van der Waals surface area contributed by atoms with Gasteiger partial charge in [0.15, 0.2) is 5.60 Å². The molecule has 9 rings (SSSR count). The minimum absolute atomic E-state index is 0.625. The van der Waals surface area contributed by atoms with E-state index in [4.69, 9.17) is 4.74 Å². The second kappa shape index (κ2) is 10.7. The van der Waals surface area contributed by atoms with E-state index in [0.29, 0.717) is 5.56 Å². The summed E-state index contributed by atoms with van der Waals surface area (Å²) in [6.07, 6.45) is 3.59. The van der Waals surface area contributed by atoms with Gasteiger partial charge in [0.25, 0.3) is 0 Å². The van der Waals surface area contributed by atoms with Crippen molar-refractivity contribution in [1.82, 2.24) is 0 Å². The fraction of sp³-hybridized carbons (Fsp3) is 0.227. The second-order valence-electron chi connectivity index (χ2n) is 14.2. The zero-order chi connectivity index (χ0) is 33.5. The summed E-state index contributed by atoms with van der Waals surface area (Å²) >= 11 is 0. The summed E-state index contributed by atoms with van der Waals surface area (Å²) in [5, 5.41) is 4.20. The van der Waals surface area contributed by atoms with Crippen molar-refractivity contribution >= 4 is 33.3 Å². The van der Waals surface area contributed by atoms with Gasteiger partial charge in [-0.05, 0) is 94.1 Å². The van der Waals surface area contributed by atoms with E-state index in [1.165, 1.54) is 37.1 Å². The topological polar surface area (TPSA) is 12.5 Å². The van der Waals surface area contributed by atoms with E-state index >= 15 is 0 Å². The Morgan fingerprint density at radius 3 is 2.14 bits per heavy atom. The lowest BCUT2D eigenvalue weighted by Crippen LogP contribution is -2.35. The summed E-state index contributed by atoms with van der Waals surface area (Å²) in [6.45, 7) is 6.20.